The number of amides is 1. The van der Waals surface area contributed by atoms with Gasteiger partial charge in [-0.2, -0.15) is 0 Å². The summed E-state index contributed by atoms with van der Waals surface area (Å²) in [6.07, 6.45) is -0.232. The fraction of sp³-hybridized carbons (Fsp3) is 0.276. The predicted molar refractivity (Wildman–Crippen MR) is 155 cm³/mol. The molecule has 0 spiro atoms. The van der Waals surface area contributed by atoms with Gasteiger partial charge in [-0.1, -0.05) is 64.1 Å². The molecule has 0 saturated carbocycles. The molecule has 0 aliphatic rings. The molecule has 3 aromatic carbocycles. The van der Waals surface area contributed by atoms with Crippen LogP contribution in [-0.2, 0) is 31.3 Å². The lowest BCUT2D eigenvalue weighted by Crippen LogP contribution is -2.32. The van der Waals surface area contributed by atoms with Crippen LogP contribution < -0.4 is 9.44 Å². The maximum Gasteiger partial charge on any atom is 0.264 e. The van der Waals surface area contributed by atoms with Crippen molar-refractivity contribution in [3.05, 3.63) is 83.7 Å². The maximum atomic E-state index is 13.1. The van der Waals surface area contributed by atoms with E-state index in [-0.39, 0.29) is 28.0 Å². The van der Waals surface area contributed by atoms with Crippen LogP contribution in [0.3, 0.4) is 0 Å². The van der Waals surface area contributed by atoms with E-state index >= 15 is 0 Å². The maximum absolute atomic E-state index is 13.1. The van der Waals surface area contributed by atoms with E-state index in [0.717, 1.165) is 40.6 Å². The van der Waals surface area contributed by atoms with Crippen molar-refractivity contribution in [2.45, 2.75) is 55.7 Å². The van der Waals surface area contributed by atoms with Crippen molar-refractivity contribution in [3.8, 4) is 11.4 Å². The van der Waals surface area contributed by atoms with Crippen molar-refractivity contribution in [1.29, 1.82) is 0 Å². The van der Waals surface area contributed by atoms with Crippen LogP contribution in [-0.4, -0.2) is 39.8 Å². The predicted octanol–water partition coefficient (Wildman–Crippen LogP) is 4.50. The number of benzene rings is 3. The molecule has 0 aliphatic heterocycles. The zero-order chi connectivity index (χ0) is 29.2. The average Bonchev–Trinajstić information content (AvgIpc) is 2.92. The van der Waals surface area contributed by atoms with Crippen molar-refractivity contribution in [2.75, 3.05) is 7.05 Å². The van der Waals surface area contributed by atoms with Gasteiger partial charge < -0.3 is 0 Å². The Balaban J connectivity index is 1.66. The Labute approximate surface area is 235 Å². The molecule has 0 atom stereocenters. The average molecular weight is 581 g/mol. The molecule has 40 heavy (non-hydrogen) atoms. The van der Waals surface area contributed by atoms with Crippen LogP contribution in [0.5, 0.6) is 0 Å². The molecular formula is C29H32N4O5S2. The van der Waals surface area contributed by atoms with Crippen LogP contribution in [0.2, 0.25) is 0 Å². The van der Waals surface area contributed by atoms with Gasteiger partial charge in [0.1, 0.15) is 0 Å². The fourth-order valence-corrected chi connectivity index (χ4v) is 6.15. The molecule has 0 aliphatic carbocycles. The smallest absolute Gasteiger partial charge is 0.264 e. The molecule has 2 N–H and O–H groups in total. The summed E-state index contributed by atoms with van der Waals surface area (Å²) in [5.41, 5.74) is 2.80. The number of carbonyl (C=O) groups is 1. The minimum absolute atomic E-state index is 0.0548. The molecule has 1 aromatic heterocycles. The van der Waals surface area contributed by atoms with Gasteiger partial charge in [-0.15, -0.1) is 0 Å². The van der Waals surface area contributed by atoms with Crippen molar-refractivity contribution in [2.24, 2.45) is 0 Å². The summed E-state index contributed by atoms with van der Waals surface area (Å²) in [5, 5.41) is 2.17. The van der Waals surface area contributed by atoms with E-state index in [1.165, 1.54) is 7.05 Å². The lowest BCUT2D eigenvalue weighted by molar-refractivity contribution is -0.118. The fourth-order valence-electron chi connectivity index (χ4n) is 4.43. The molecule has 0 radical (unpaired) electrons. The van der Waals surface area contributed by atoms with E-state index in [4.69, 9.17) is 9.97 Å². The highest BCUT2D eigenvalue weighted by atomic mass is 32.2. The first-order valence-electron chi connectivity index (χ1n) is 12.8. The summed E-state index contributed by atoms with van der Waals surface area (Å²) in [7, 11) is -6.71. The first-order chi connectivity index (χ1) is 18.8. The van der Waals surface area contributed by atoms with E-state index in [1.54, 1.807) is 0 Å². The molecular weight excluding hydrogens is 548 g/mol. The van der Waals surface area contributed by atoms with Gasteiger partial charge in [0.25, 0.3) is 10.0 Å². The van der Waals surface area contributed by atoms with Gasteiger partial charge in [-0.25, -0.2) is 36.2 Å². The largest absolute Gasteiger partial charge is 0.274 e. The number of nitrogens with one attached hydrogen (secondary N) is 2. The summed E-state index contributed by atoms with van der Waals surface area (Å²) < 4.78 is 54.0. The van der Waals surface area contributed by atoms with Crippen LogP contribution >= 0.6 is 0 Å². The Bertz CT molecular complexity index is 1750. The van der Waals surface area contributed by atoms with E-state index < -0.39 is 26.0 Å². The topological polar surface area (TPSA) is 135 Å². The molecule has 0 unspecified atom stereocenters. The van der Waals surface area contributed by atoms with Crippen LogP contribution in [0.15, 0.2) is 76.5 Å². The second kappa shape index (κ2) is 11.4. The minimum Gasteiger partial charge on any atom is -0.274 e. The number of rotatable bonds is 9. The lowest BCUT2D eigenvalue weighted by Gasteiger charge is -2.20. The summed E-state index contributed by atoms with van der Waals surface area (Å²) in [5.74, 6) is -0.300. The Morgan fingerprint density at radius 1 is 0.750 bits per heavy atom. The Kier molecular flexibility index (Phi) is 8.38. The van der Waals surface area contributed by atoms with E-state index in [9.17, 15) is 21.6 Å². The van der Waals surface area contributed by atoms with Gasteiger partial charge in [0.15, 0.2) is 5.82 Å². The number of hydrogen-bond acceptors (Lipinski definition) is 7. The number of nitrogens with zero attached hydrogens (tertiary/aromatic N) is 2. The number of aromatic nitrogens is 2. The Morgan fingerprint density at radius 3 is 1.80 bits per heavy atom. The highest BCUT2D eigenvalue weighted by Gasteiger charge is 2.25. The summed E-state index contributed by atoms with van der Waals surface area (Å²) in [4.78, 5) is 22.4. The van der Waals surface area contributed by atoms with E-state index in [1.807, 2.05) is 70.2 Å². The first-order valence-corrected chi connectivity index (χ1v) is 15.8. The van der Waals surface area contributed by atoms with Crippen LogP contribution in [0.4, 0.5) is 0 Å². The quantitative estimate of drug-likeness (QED) is 0.298. The monoisotopic (exact) mass is 580 g/mol. The van der Waals surface area contributed by atoms with Crippen molar-refractivity contribution in [1.82, 2.24) is 19.4 Å². The molecule has 0 bridgehead atoms. The van der Waals surface area contributed by atoms with Gasteiger partial charge >= 0.3 is 0 Å². The Hall–Kier alpha value is -3.67. The Morgan fingerprint density at radius 2 is 1.27 bits per heavy atom. The third kappa shape index (κ3) is 6.22. The number of carbonyl (C=O) groups excluding carboxylic acids is 1. The number of hydrogen-bond donors (Lipinski definition) is 2. The molecule has 4 aromatic rings. The highest BCUT2D eigenvalue weighted by Crippen LogP contribution is 2.30. The molecule has 0 saturated heterocycles. The first kappa shape index (κ1) is 29.3. The van der Waals surface area contributed by atoms with Crippen LogP contribution in [0, 0.1) is 0 Å². The van der Waals surface area contributed by atoms with Crippen LogP contribution in [0.1, 0.15) is 56.5 Å². The molecule has 11 heteroatoms. The molecule has 0 fully saturated rings. The number of fused-ring (bicyclic) bond motifs is 1. The van der Waals surface area contributed by atoms with Crippen LogP contribution in [0.25, 0.3) is 22.2 Å². The highest BCUT2D eigenvalue weighted by molar-refractivity contribution is 7.90. The summed E-state index contributed by atoms with van der Waals surface area (Å²) >= 11 is 0. The van der Waals surface area contributed by atoms with E-state index in [2.05, 4.69) is 9.44 Å². The third-order valence-corrected chi connectivity index (χ3v) is 9.29. The summed E-state index contributed by atoms with van der Waals surface area (Å²) in [6, 6.07) is 18.6. The minimum atomic E-state index is -4.24. The van der Waals surface area contributed by atoms with Gasteiger partial charge in [0.2, 0.25) is 15.9 Å². The SMILES string of the molecule is CNS(=O)(=O)c1ccc(S(=O)(=O)NC(=O)Cc2c(C(C)C)nc(-c3ccc4ccccc4c3)nc2C(C)C)cc1. The second-order valence-corrected chi connectivity index (χ2v) is 13.6. The molecule has 210 valence electrons. The van der Waals surface area contributed by atoms with Gasteiger partial charge in [-0.05, 0) is 60.0 Å². The number of sulfonamides is 2. The lowest BCUT2D eigenvalue weighted by atomic mass is 9.94. The molecule has 9 nitrogen and oxygen atoms in total. The van der Waals surface area contributed by atoms with Gasteiger partial charge in [0, 0.05) is 11.1 Å². The van der Waals surface area contributed by atoms with Gasteiger partial charge in [0.05, 0.1) is 27.6 Å². The molecule has 1 amide bonds. The standard InChI is InChI=1S/C29H32N4O5S2/c1-18(2)27-25(17-26(34)33-40(37,38)24-14-12-23(13-15-24)39(35,36)30-5)28(19(3)4)32-29(31-27)22-11-10-20-8-6-7-9-21(20)16-22/h6-16,18-19,30H,17H2,1-5H3,(H,33,34). The molecule has 4 rings (SSSR count). The van der Waals surface area contributed by atoms with Crippen molar-refractivity contribution < 1.29 is 21.6 Å². The van der Waals surface area contributed by atoms with Crippen molar-refractivity contribution in [3.63, 3.8) is 0 Å². The van der Waals surface area contributed by atoms with E-state index in [0.29, 0.717) is 22.8 Å². The molecule has 1 heterocycles. The zero-order valence-electron chi connectivity index (χ0n) is 23.0. The van der Waals surface area contributed by atoms with Crippen molar-refractivity contribution >= 4 is 36.7 Å². The second-order valence-electron chi connectivity index (χ2n) is 10.1. The normalized spacial score (nSPS) is 12.3. The zero-order valence-corrected chi connectivity index (χ0v) is 24.6. The third-order valence-electron chi connectivity index (χ3n) is 6.47. The van der Waals surface area contributed by atoms with Gasteiger partial charge in [-0.3, -0.25) is 4.79 Å². The summed E-state index contributed by atoms with van der Waals surface area (Å²) in [6.45, 7) is 7.87.